The Morgan fingerprint density at radius 2 is 1.27 bits per heavy atom. The number of nitrogens with two attached hydrogens (primary N) is 1. The van der Waals surface area contributed by atoms with E-state index >= 15 is 0 Å². The molecule has 0 aliphatic heterocycles. The predicted octanol–water partition coefficient (Wildman–Crippen LogP) is 2.24. The van der Waals surface area contributed by atoms with Gasteiger partial charge in [-0.3, -0.25) is 0 Å². The largest absolute Gasteiger partial charge is 0.347 e. The lowest BCUT2D eigenvalue weighted by Crippen LogP contribution is -2.44. The van der Waals surface area contributed by atoms with Gasteiger partial charge in [0.25, 0.3) is 0 Å². The summed E-state index contributed by atoms with van der Waals surface area (Å²) in [6.07, 6.45) is 7.22. The molecule has 0 fully saturated rings. The quantitative estimate of drug-likeness (QED) is 0.252. The fourth-order valence-electron chi connectivity index (χ4n) is 2.73. The Balaban J connectivity index is 0.000000335. The van der Waals surface area contributed by atoms with Crippen molar-refractivity contribution in [2.75, 3.05) is 54.0 Å². The highest BCUT2D eigenvalue weighted by Crippen LogP contribution is 2.25. The van der Waals surface area contributed by atoms with Crippen molar-refractivity contribution in [1.29, 1.82) is 0 Å². The molecule has 0 amide bonds. The zero-order valence-electron chi connectivity index (χ0n) is 20.6. The zero-order chi connectivity index (χ0) is 24.9. The summed E-state index contributed by atoms with van der Waals surface area (Å²) in [4.78, 5) is 17.0. The predicted molar refractivity (Wildman–Crippen MR) is 131 cm³/mol. The van der Waals surface area contributed by atoms with Crippen LogP contribution in [0.25, 0.3) is 0 Å². The van der Waals surface area contributed by atoms with Crippen LogP contribution in [0, 0.1) is 0 Å². The van der Waals surface area contributed by atoms with E-state index in [2.05, 4.69) is 39.1 Å². The van der Waals surface area contributed by atoms with Gasteiger partial charge < -0.3 is 30.0 Å². The first-order valence-electron chi connectivity index (χ1n) is 10.2. The molecule has 0 aromatic carbocycles. The van der Waals surface area contributed by atoms with E-state index in [0.717, 1.165) is 5.69 Å². The standard InChI is InChI=1S/C12H21N3O2S.C9H15N3O2S/c1-9(2)14-8-12(16-3,17-4)10-6-7-13-11(15-10)18-5;1-13-9(6-10,14-2)7-4-5-11-8(12-7)15-3/h6-7,9,14H,8H2,1-5H3;4-5H,6,10H2,1-3H3. The van der Waals surface area contributed by atoms with Crippen LogP contribution in [0.3, 0.4) is 0 Å². The number of aromatic nitrogens is 4. The Morgan fingerprint density at radius 3 is 1.61 bits per heavy atom. The van der Waals surface area contributed by atoms with E-state index in [0.29, 0.717) is 28.6 Å². The molecule has 0 spiro atoms. The number of thioether (sulfide) groups is 2. The number of methoxy groups -OCH3 is 4. The van der Waals surface area contributed by atoms with Crippen molar-refractivity contribution in [3.63, 3.8) is 0 Å². The molecule has 0 radical (unpaired) electrons. The topological polar surface area (TPSA) is 127 Å². The first-order chi connectivity index (χ1) is 15.8. The van der Waals surface area contributed by atoms with Crippen LogP contribution < -0.4 is 11.1 Å². The lowest BCUT2D eigenvalue weighted by Gasteiger charge is -2.31. The third kappa shape index (κ3) is 8.11. The Hall–Kier alpha value is -1.38. The third-order valence-electron chi connectivity index (χ3n) is 4.74. The summed E-state index contributed by atoms with van der Waals surface area (Å²) in [6.45, 7) is 4.88. The minimum Gasteiger partial charge on any atom is -0.347 e. The van der Waals surface area contributed by atoms with Gasteiger partial charge in [-0.25, -0.2) is 19.9 Å². The van der Waals surface area contributed by atoms with Crippen molar-refractivity contribution in [2.45, 2.75) is 41.8 Å². The molecule has 33 heavy (non-hydrogen) atoms. The monoisotopic (exact) mass is 500 g/mol. The second kappa shape index (κ2) is 14.8. The molecule has 2 rings (SSSR count). The lowest BCUT2D eigenvalue weighted by molar-refractivity contribution is -0.215. The molecular formula is C21H36N6O4S2. The van der Waals surface area contributed by atoms with E-state index < -0.39 is 11.6 Å². The van der Waals surface area contributed by atoms with Crippen LogP contribution >= 0.6 is 23.5 Å². The average molecular weight is 501 g/mol. The maximum atomic E-state index is 5.64. The minimum absolute atomic E-state index is 0.199. The van der Waals surface area contributed by atoms with Crippen LogP contribution in [-0.2, 0) is 30.5 Å². The van der Waals surface area contributed by atoms with Gasteiger partial charge in [0.05, 0.1) is 13.1 Å². The normalized spacial score (nSPS) is 11.9. The number of hydrogen-bond acceptors (Lipinski definition) is 12. The number of rotatable bonds is 12. The summed E-state index contributed by atoms with van der Waals surface area (Å²) < 4.78 is 21.6. The number of hydrogen-bond donors (Lipinski definition) is 2. The van der Waals surface area contributed by atoms with E-state index in [9.17, 15) is 0 Å². The summed E-state index contributed by atoms with van der Waals surface area (Å²) in [6, 6.07) is 3.89. The van der Waals surface area contributed by atoms with E-state index in [4.69, 9.17) is 24.7 Å². The van der Waals surface area contributed by atoms with Crippen molar-refractivity contribution >= 4 is 23.5 Å². The van der Waals surface area contributed by atoms with Gasteiger partial charge in [-0.2, -0.15) is 0 Å². The second-order valence-electron chi connectivity index (χ2n) is 6.92. The van der Waals surface area contributed by atoms with Crippen LogP contribution in [0.2, 0.25) is 0 Å². The SMILES string of the molecule is COC(CN)(OC)c1ccnc(SC)n1.COC(CNC(C)C)(OC)c1ccnc(SC)n1. The molecule has 0 aliphatic rings. The molecule has 2 aromatic heterocycles. The maximum Gasteiger partial charge on any atom is 0.224 e. The van der Waals surface area contributed by atoms with Gasteiger partial charge in [-0.1, -0.05) is 37.4 Å². The van der Waals surface area contributed by atoms with Crippen LogP contribution in [0.15, 0.2) is 34.8 Å². The van der Waals surface area contributed by atoms with Crippen molar-refractivity contribution < 1.29 is 18.9 Å². The molecule has 186 valence electrons. The first kappa shape index (κ1) is 29.7. The molecule has 0 atom stereocenters. The van der Waals surface area contributed by atoms with E-state index in [1.165, 1.54) is 37.7 Å². The minimum atomic E-state index is -0.979. The highest BCUT2D eigenvalue weighted by Gasteiger charge is 2.34. The van der Waals surface area contributed by atoms with Gasteiger partial charge in [-0.05, 0) is 24.6 Å². The van der Waals surface area contributed by atoms with Crippen molar-refractivity contribution in [3.8, 4) is 0 Å². The van der Waals surface area contributed by atoms with Crippen LogP contribution in [-0.4, -0.2) is 80.0 Å². The fraction of sp³-hybridized carbons (Fsp3) is 0.619. The number of nitrogens with one attached hydrogen (secondary N) is 1. The second-order valence-corrected chi connectivity index (χ2v) is 8.47. The zero-order valence-corrected chi connectivity index (χ0v) is 22.2. The van der Waals surface area contributed by atoms with Crippen LogP contribution in [0.5, 0.6) is 0 Å². The van der Waals surface area contributed by atoms with Crippen molar-refractivity contribution in [2.24, 2.45) is 5.73 Å². The molecule has 0 saturated heterocycles. The summed E-state index contributed by atoms with van der Waals surface area (Å²) >= 11 is 2.95. The smallest absolute Gasteiger partial charge is 0.224 e. The molecule has 0 aliphatic carbocycles. The van der Waals surface area contributed by atoms with Gasteiger partial charge in [-0.15, -0.1) is 0 Å². The molecular weight excluding hydrogens is 464 g/mol. The Morgan fingerprint density at radius 1 is 0.848 bits per heavy atom. The van der Waals surface area contributed by atoms with E-state index in [1.807, 2.05) is 18.6 Å². The summed E-state index contributed by atoms with van der Waals surface area (Å²) in [7, 11) is 6.31. The fourth-order valence-corrected chi connectivity index (χ4v) is 3.44. The maximum absolute atomic E-state index is 5.64. The van der Waals surface area contributed by atoms with Crippen molar-refractivity contribution in [1.82, 2.24) is 25.3 Å². The summed E-state index contributed by atoms with van der Waals surface area (Å²) in [5, 5.41) is 4.68. The molecule has 0 unspecified atom stereocenters. The molecule has 3 N–H and O–H groups in total. The third-order valence-corrected chi connectivity index (χ3v) is 5.87. The summed E-state index contributed by atoms with van der Waals surface area (Å²) in [5.74, 6) is -1.86. The number of ether oxygens (including phenoxy) is 4. The highest BCUT2D eigenvalue weighted by molar-refractivity contribution is 7.98. The van der Waals surface area contributed by atoms with Crippen molar-refractivity contribution in [3.05, 3.63) is 35.9 Å². The molecule has 0 bridgehead atoms. The van der Waals surface area contributed by atoms with E-state index in [1.54, 1.807) is 32.7 Å². The van der Waals surface area contributed by atoms with Crippen LogP contribution in [0.1, 0.15) is 25.2 Å². The van der Waals surface area contributed by atoms with Gasteiger partial charge in [0, 0.05) is 46.9 Å². The molecule has 0 saturated carbocycles. The molecule has 12 heteroatoms. The van der Waals surface area contributed by atoms with E-state index in [-0.39, 0.29) is 6.54 Å². The Kier molecular flexibility index (Phi) is 13.3. The summed E-state index contributed by atoms with van der Waals surface area (Å²) in [5.41, 5.74) is 6.99. The van der Waals surface area contributed by atoms with Crippen LogP contribution in [0.4, 0.5) is 0 Å². The van der Waals surface area contributed by atoms with Gasteiger partial charge >= 0.3 is 0 Å². The lowest BCUT2D eigenvalue weighted by atomic mass is 10.1. The molecule has 2 aromatic rings. The Bertz CT molecular complexity index is 815. The Labute approximate surface area is 205 Å². The van der Waals surface area contributed by atoms with Gasteiger partial charge in [0.1, 0.15) is 11.4 Å². The molecule has 2 heterocycles. The van der Waals surface area contributed by atoms with Gasteiger partial charge in [0.15, 0.2) is 10.3 Å². The first-order valence-corrected chi connectivity index (χ1v) is 12.6. The highest BCUT2D eigenvalue weighted by atomic mass is 32.2. The number of nitrogens with zero attached hydrogens (tertiary/aromatic N) is 4. The van der Waals surface area contributed by atoms with Gasteiger partial charge in [0.2, 0.25) is 11.6 Å². The molecule has 10 nitrogen and oxygen atoms in total. The average Bonchev–Trinajstić information content (AvgIpc) is 2.87.